The Morgan fingerprint density at radius 3 is 2.74 bits per heavy atom. The molecule has 3 aliphatic carbocycles. The lowest BCUT2D eigenvalue weighted by Gasteiger charge is -2.37. The summed E-state index contributed by atoms with van der Waals surface area (Å²) in [5, 5.41) is 3.12. The molecule has 3 unspecified atom stereocenters. The smallest absolute Gasteiger partial charge is 0.193 e. The van der Waals surface area contributed by atoms with E-state index in [1.807, 2.05) is 18.2 Å². The number of nitrogens with two attached hydrogens (primary N) is 1. The van der Waals surface area contributed by atoms with Crippen LogP contribution in [0.2, 0.25) is 0 Å². The monoisotopic (exact) mass is 315 g/mol. The molecule has 23 heavy (non-hydrogen) atoms. The van der Waals surface area contributed by atoms with Crippen LogP contribution in [-0.4, -0.2) is 26.7 Å². The Morgan fingerprint density at radius 2 is 2.13 bits per heavy atom. The molecule has 0 spiro atoms. The first-order valence-electron chi connectivity index (χ1n) is 8.17. The van der Waals surface area contributed by atoms with Crippen LogP contribution in [0, 0.1) is 17.8 Å². The number of nitrogens with zero attached hydrogens (tertiary/aromatic N) is 1. The zero-order chi connectivity index (χ0) is 16.2. The molecular weight excluding hydrogens is 290 g/mol. The van der Waals surface area contributed by atoms with E-state index >= 15 is 0 Å². The van der Waals surface area contributed by atoms with Gasteiger partial charge in [0.2, 0.25) is 0 Å². The Bertz CT molecular complexity index is 612. The summed E-state index contributed by atoms with van der Waals surface area (Å²) < 4.78 is 10.6. The predicted octanol–water partition coefficient (Wildman–Crippen LogP) is 3.03. The molecule has 3 aliphatic rings. The second kappa shape index (κ2) is 6.94. The van der Waals surface area contributed by atoms with Gasteiger partial charge in [0.05, 0.1) is 19.9 Å². The van der Waals surface area contributed by atoms with Gasteiger partial charge >= 0.3 is 0 Å². The molecule has 1 fully saturated rings. The standard InChI is InChI=1S/C18H25N3O2/c1-22-15-7-8-17(23-2)16(10-15)21-18(19)20-11-14-9-12-3-5-13(14)6-4-12/h3,5,7-8,10,12-14H,4,6,9,11H2,1-2H3,(H3,19,20,21). The van der Waals surface area contributed by atoms with E-state index in [0.717, 1.165) is 23.9 Å². The van der Waals surface area contributed by atoms with E-state index in [9.17, 15) is 0 Å². The highest BCUT2D eigenvalue weighted by molar-refractivity contribution is 5.94. The molecule has 1 aromatic carbocycles. The number of fused-ring (bicyclic) bond motifs is 2. The van der Waals surface area contributed by atoms with Gasteiger partial charge in [0.25, 0.3) is 0 Å². The van der Waals surface area contributed by atoms with Crippen molar-refractivity contribution < 1.29 is 9.47 Å². The number of aliphatic imine (C=N–C) groups is 1. The van der Waals surface area contributed by atoms with Crippen LogP contribution < -0.4 is 20.5 Å². The van der Waals surface area contributed by atoms with Gasteiger partial charge in [0.15, 0.2) is 5.96 Å². The van der Waals surface area contributed by atoms with Crippen molar-refractivity contribution in [2.45, 2.75) is 19.3 Å². The van der Waals surface area contributed by atoms with Crippen LogP contribution in [0.15, 0.2) is 35.3 Å². The zero-order valence-electron chi connectivity index (χ0n) is 13.8. The van der Waals surface area contributed by atoms with E-state index in [1.165, 1.54) is 19.3 Å². The minimum Gasteiger partial charge on any atom is -0.497 e. The van der Waals surface area contributed by atoms with Gasteiger partial charge in [-0.2, -0.15) is 0 Å². The Hall–Kier alpha value is -2.17. The van der Waals surface area contributed by atoms with Gasteiger partial charge in [0, 0.05) is 12.6 Å². The van der Waals surface area contributed by atoms with E-state index < -0.39 is 0 Å². The van der Waals surface area contributed by atoms with Crippen LogP contribution in [-0.2, 0) is 0 Å². The molecule has 0 saturated heterocycles. The summed E-state index contributed by atoms with van der Waals surface area (Å²) in [6, 6.07) is 5.55. The second-order valence-electron chi connectivity index (χ2n) is 6.30. The lowest BCUT2D eigenvalue weighted by atomic mass is 9.69. The van der Waals surface area contributed by atoms with E-state index in [2.05, 4.69) is 22.5 Å². The quantitative estimate of drug-likeness (QED) is 0.498. The molecule has 1 saturated carbocycles. The van der Waals surface area contributed by atoms with Crippen molar-refractivity contribution in [1.29, 1.82) is 0 Å². The van der Waals surface area contributed by atoms with Crippen LogP contribution in [0.5, 0.6) is 11.5 Å². The van der Waals surface area contributed by atoms with Gasteiger partial charge in [-0.1, -0.05) is 12.2 Å². The third-order valence-electron chi connectivity index (χ3n) is 4.88. The topological polar surface area (TPSA) is 68.9 Å². The van der Waals surface area contributed by atoms with E-state index in [1.54, 1.807) is 14.2 Å². The summed E-state index contributed by atoms with van der Waals surface area (Å²) in [6.07, 6.45) is 8.60. The lowest BCUT2D eigenvalue weighted by molar-refractivity contribution is 0.227. The number of ether oxygens (including phenoxy) is 2. The average Bonchev–Trinajstić information content (AvgIpc) is 2.61. The molecule has 0 heterocycles. The number of nitrogens with one attached hydrogen (secondary N) is 1. The molecule has 0 radical (unpaired) electrons. The van der Waals surface area contributed by atoms with Gasteiger partial charge in [-0.05, 0) is 49.1 Å². The summed E-state index contributed by atoms with van der Waals surface area (Å²) in [4.78, 5) is 4.55. The van der Waals surface area contributed by atoms with Crippen molar-refractivity contribution in [3.8, 4) is 11.5 Å². The summed E-state index contributed by atoms with van der Waals surface area (Å²) in [7, 11) is 3.26. The Balaban J connectivity index is 1.64. The number of hydrogen-bond acceptors (Lipinski definition) is 3. The average molecular weight is 315 g/mol. The maximum Gasteiger partial charge on any atom is 0.193 e. The van der Waals surface area contributed by atoms with E-state index in [-0.39, 0.29) is 0 Å². The molecule has 0 aliphatic heterocycles. The van der Waals surface area contributed by atoms with Crippen molar-refractivity contribution in [2.75, 3.05) is 26.1 Å². The first kappa shape index (κ1) is 15.7. The summed E-state index contributed by atoms with van der Waals surface area (Å²) in [6.45, 7) is 0.774. The molecule has 5 heteroatoms. The maximum absolute atomic E-state index is 6.06. The first-order valence-corrected chi connectivity index (χ1v) is 8.17. The number of benzene rings is 1. The normalized spacial score (nSPS) is 26.2. The van der Waals surface area contributed by atoms with Crippen molar-refractivity contribution in [1.82, 2.24) is 0 Å². The SMILES string of the molecule is COc1ccc(OC)c(NC(N)=NCC2CC3C=CC2CC3)c1. The number of anilines is 1. The van der Waals surface area contributed by atoms with Gasteiger partial charge < -0.3 is 20.5 Å². The molecule has 0 amide bonds. The fourth-order valence-corrected chi connectivity index (χ4v) is 3.57. The van der Waals surface area contributed by atoms with E-state index in [4.69, 9.17) is 15.2 Å². The number of guanidine groups is 1. The largest absolute Gasteiger partial charge is 0.497 e. The third kappa shape index (κ3) is 3.60. The van der Waals surface area contributed by atoms with Crippen LogP contribution in [0.1, 0.15) is 19.3 Å². The zero-order valence-corrected chi connectivity index (χ0v) is 13.8. The second-order valence-corrected chi connectivity index (χ2v) is 6.30. The molecule has 124 valence electrons. The van der Waals surface area contributed by atoms with Crippen molar-refractivity contribution in [3.63, 3.8) is 0 Å². The highest BCUT2D eigenvalue weighted by Crippen LogP contribution is 2.40. The van der Waals surface area contributed by atoms with Crippen LogP contribution >= 0.6 is 0 Å². The minimum atomic E-state index is 0.418. The molecule has 1 aromatic rings. The fraction of sp³-hybridized carbons (Fsp3) is 0.500. The Labute approximate surface area is 137 Å². The van der Waals surface area contributed by atoms with Crippen LogP contribution in [0.3, 0.4) is 0 Å². The van der Waals surface area contributed by atoms with Crippen LogP contribution in [0.25, 0.3) is 0 Å². The molecule has 0 aromatic heterocycles. The number of allylic oxidation sites excluding steroid dienone is 2. The molecule has 4 rings (SSSR count). The summed E-state index contributed by atoms with van der Waals surface area (Å²) in [5.41, 5.74) is 6.82. The van der Waals surface area contributed by atoms with Crippen molar-refractivity contribution in [2.24, 2.45) is 28.5 Å². The predicted molar refractivity (Wildman–Crippen MR) is 93.1 cm³/mol. The molecule has 2 bridgehead atoms. The third-order valence-corrected chi connectivity index (χ3v) is 4.88. The number of rotatable bonds is 5. The maximum atomic E-state index is 6.06. The number of methoxy groups -OCH3 is 2. The van der Waals surface area contributed by atoms with Crippen molar-refractivity contribution >= 4 is 11.6 Å². The molecule has 3 N–H and O–H groups in total. The fourth-order valence-electron chi connectivity index (χ4n) is 3.57. The van der Waals surface area contributed by atoms with Gasteiger partial charge in [-0.15, -0.1) is 0 Å². The molecule has 5 nitrogen and oxygen atoms in total. The minimum absolute atomic E-state index is 0.418. The van der Waals surface area contributed by atoms with Crippen LogP contribution in [0.4, 0.5) is 5.69 Å². The Kier molecular flexibility index (Phi) is 4.74. The van der Waals surface area contributed by atoms with Crippen molar-refractivity contribution in [3.05, 3.63) is 30.4 Å². The lowest BCUT2D eigenvalue weighted by Crippen LogP contribution is -2.31. The highest BCUT2D eigenvalue weighted by Gasteiger charge is 2.31. The molecule has 3 atom stereocenters. The summed E-state index contributed by atoms with van der Waals surface area (Å²) >= 11 is 0. The van der Waals surface area contributed by atoms with Gasteiger partial charge in [0.1, 0.15) is 11.5 Å². The first-order chi connectivity index (χ1) is 11.2. The van der Waals surface area contributed by atoms with E-state index in [0.29, 0.717) is 23.5 Å². The molecular formula is C18H25N3O2. The van der Waals surface area contributed by atoms with Gasteiger partial charge in [-0.3, -0.25) is 4.99 Å². The summed E-state index contributed by atoms with van der Waals surface area (Å²) in [5.74, 6) is 3.91. The number of hydrogen-bond donors (Lipinski definition) is 2. The highest BCUT2D eigenvalue weighted by atomic mass is 16.5. The Morgan fingerprint density at radius 1 is 1.26 bits per heavy atom. The van der Waals surface area contributed by atoms with Gasteiger partial charge in [-0.25, -0.2) is 0 Å².